The minimum absolute atomic E-state index is 0.0184. The molecule has 2 nitrogen and oxygen atoms in total. The molecule has 0 spiro atoms. The summed E-state index contributed by atoms with van der Waals surface area (Å²) in [6.07, 6.45) is 0. The molecular formula is C22H21NO. The predicted molar refractivity (Wildman–Crippen MR) is 96.9 cm³/mol. The van der Waals surface area contributed by atoms with Crippen molar-refractivity contribution in [1.29, 1.82) is 0 Å². The van der Waals surface area contributed by atoms with Crippen LogP contribution in [0, 0.1) is 0 Å². The zero-order valence-corrected chi connectivity index (χ0v) is 13.5. The Balaban J connectivity index is 1.90. The molecule has 0 aromatic heterocycles. The van der Waals surface area contributed by atoms with Gasteiger partial charge in [-0.05, 0) is 16.7 Å². The Labute approximate surface area is 142 Å². The lowest BCUT2D eigenvalue weighted by molar-refractivity contribution is 0.255. The number of hydrogen-bond donors (Lipinski definition) is 2. The van der Waals surface area contributed by atoms with E-state index in [1.54, 1.807) is 0 Å². The van der Waals surface area contributed by atoms with Crippen molar-refractivity contribution in [2.45, 2.75) is 17.4 Å². The molecule has 2 atom stereocenters. The van der Waals surface area contributed by atoms with Crippen LogP contribution in [-0.4, -0.2) is 17.9 Å². The van der Waals surface area contributed by atoms with Gasteiger partial charge in [-0.1, -0.05) is 91.0 Å². The molecule has 3 aromatic rings. The summed E-state index contributed by atoms with van der Waals surface area (Å²) in [4.78, 5) is 0. The topological polar surface area (TPSA) is 32.3 Å². The van der Waals surface area contributed by atoms with Crippen molar-refractivity contribution < 1.29 is 5.11 Å². The third-order valence-electron chi connectivity index (χ3n) is 5.18. The molecule has 0 radical (unpaired) electrons. The number of benzene rings is 3. The highest BCUT2D eigenvalue weighted by atomic mass is 16.3. The molecule has 0 heterocycles. The van der Waals surface area contributed by atoms with Crippen LogP contribution >= 0.6 is 0 Å². The minimum Gasteiger partial charge on any atom is -0.381 e. The van der Waals surface area contributed by atoms with Crippen LogP contribution in [-0.2, 0) is 5.41 Å². The van der Waals surface area contributed by atoms with E-state index >= 15 is 0 Å². The standard InChI is InChI=1S/C22H21NO/c24-16-23-21-20(17-10-4-1-5-11-17)22(21,18-12-6-2-7-13-18)19-14-8-3-9-15-19/h1-15,20-21,23-24H,16H2. The molecule has 4 rings (SSSR count). The highest BCUT2D eigenvalue weighted by Crippen LogP contribution is 2.64. The van der Waals surface area contributed by atoms with Crippen LogP contribution in [0.3, 0.4) is 0 Å². The zero-order valence-electron chi connectivity index (χ0n) is 13.5. The summed E-state index contributed by atoms with van der Waals surface area (Å²) in [6.45, 7) is -0.0184. The van der Waals surface area contributed by atoms with Crippen LogP contribution in [0.15, 0.2) is 91.0 Å². The summed E-state index contributed by atoms with van der Waals surface area (Å²) in [5, 5.41) is 12.9. The van der Waals surface area contributed by atoms with Gasteiger partial charge in [0.25, 0.3) is 0 Å². The first kappa shape index (κ1) is 15.1. The zero-order chi connectivity index (χ0) is 16.4. The fraction of sp³-hybridized carbons (Fsp3) is 0.182. The Morgan fingerprint density at radius 1 is 0.708 bits per heavy atom. The number of hydrogen-bond acceptors (Lipinski definition) is 2. The van der Waals surface area contributed by atoms with E-state index in [2.05, 4.69) is 90.2 Å². The molecule has 1 saturated carbocycles. The van der Waals surface area contributed by atoms with E-state index in [1.165, 1.54) is 16.7 Å². The van der Waals surface area contributed by atoms with Gasteiger partial charge in [-0.15, -0.1) is 0 Å². The van der Waals surface area contributed by atoms with Crippen LogP contribution < -0.4 is 5.32 Å². The maximum Gasteiger partial charge on any atom is 0.0934 e. The highest BCUT2D eigenvalue weighted by molar-refractivity contribution is 5.58. The predicted octanol–water partition coefficient (Wildman–Crippen LogP) is 3.68. The molecular weight excluding hydrogens is 294 g/mol. The van der Waals surface area contributed by atoms with Crippen molar-refractivity contribution in [1.82, 2.24) is 5.32 Å². The van der Waals surface area contributed by atoms with Gasteiger partial charge >= 0.3 is 0 Å². The van der Waals surface area contributed by atoms with Gasteiger partial charge in [0.05, 0.1) is 6.73 Å². The molecule has 0 bridgehead atoms. The minimum atomic E-state index is -0.146. The second-order valence-electron chi connectivity index (χ2n) is 6.33. The van der Waals surface area contributed by atoms with Crippen LogP contribution in [0.4, 0.5) is 0 Å². The van der Waals surface area contributed by atoms with Gasteiger partial charge in [0, 0.05) is 17.4 Å². The SMILES string of the molecule is OCNC1C(c2ccccc2)C1(c1ccccc1)c1ccccc1. The molecule has 2 unspecified atom stereocenters. The highest BCUT2D eigenvalue weighted by Gasteiger charge is 2.66. The lowest BCUT2D eigenvalue weighted by Crippen LogP contribution is -2.27. The largest absolute Gasteiger partial charge is 0.381 e. The van der Waals surface area contributed by atoms with Crippen molar-refractivity contribution >= 4 is 0 Å². The lowest BCUT2D eigenvalue weighted by Gasteiger charge is -2.20. The molecule has 0 amide bonds. The van der Waals surface area contributed by atoms with Crippen molar-refractivity contribution in [3.05, 3.63) is 108 Å². The molecule has 1 aliphatic rings. The number of aliphatic hydroxyl groups is 1. The molecule has 24 heavy (non-hydrogen) atoms. The van der Waals surface area contributed by atoms with Crippen LogP contribution in [0.1, 0.15) is 22.6 Å². The quantitative estimate of drug-likeness (QED) is 0.704. The first-order valence-electron chi connectivity index (χ1n) is 8.39. The number of nitrogens with one attached hydrogen (secondary N) is 1. The average Bonchev–Trinajstić information content (AvgIpc) is 3.33. The van der Waals surface area contributed by atoms with E-state index in [9.17, 15) is 5.11 Å². The lowest BCUT2D eigenvalue weighted by atomic mass is 9.84. The van der Waals surface area contributed by atoms with Gasteiger partial charge < -0.3 is 5.11 Å². The Morgan fingerprint density at radius 2 is 1.17 bits per heavy atom. The maximum absolute atomic E-state index is 9.56. The number of rotatable bonds is 5. The summed E-state index contributed by atoms with van der Waals surface area (Å²) in [5.41, 5.74) is 3.73. The van der Waals surface area contributed by atoms with Gasteiger partial charge in [0.2, 0.25) is 0 Å². The molecule has 120 valence electrons. The van der Waals surface area contributed by atoms with Crippen LogP contribution in [0.25, 0.3) is 0 Å². The average molecular weight is 315 g/mol. The Hall–Kier alpha value is -2.42. The van der Waals surface area contributed by atoms with Gasteiger partial charge in [-0.2, -0.15) is 0 Å². The van der Waals surface area contributed by atoms with Gasteiger partial charge in [0.15, 0.2) is 0 Å². The third-order valence-corrected chi connectivity index (χ3v) is 5.18. The summed E-state index contributed by atoms with van der Waals surface area (Å²) in [6, 6.07) is 32.0. The van der Waals surface area contributed by atoms with E-state index in [4.69, 9.17) is 0 Å². The van der Waals surface area contributed by atoms with Gasteiger partial charge in [-0.3, -0.25) is 5.32 Å². The van der Waals surface area contributed by atoms with E-state index in [0.717, 1.165) is 0 Å². The molecule has 2 heteroatoms. The molecule has 3 aromatic carbocycles. The monoisotopic (exact) mass is 315 g/mol. The molecule has 0 aliphatic heterocycles. The van der Waals surface area contributed by atoms with E-state index in [1.807, 2.05) is 6.07 Å². The van der Waals surface area contributed by atoms with E-state index in [0.29, 0.717) is 5.92 Å². The van der Waals surface area contributed by atoms with Crippen molar-refractivity contribution in [2.24, 2.45) is 0 Å². The first-order valence-corrected chi connectivity index (χ1v) is 8.39. The molecule has 1 aliphatic carbocycles. The van der Waals surface area contributed by atoms with Gasteiger partial charge in [-0.25, -0.2) is 0 Å². The molecule has 2 N–H and O–H groups in total. The van der Waals surface area contributed by atoms with Crippen molar-refractivity contribution in [3.8, 4) is 0 Å². The Kier molecular flexibility index (Phi) is 3.93. The van der Waals surface area contributed by atoms with Crippen molar-refractivity contribution in [2.75, 3.05) is 6.73 Å². The maximum atomic E-state index is 9.56. The smallest absolute Gasteiger partial charge is 0.0934 e. The van der Waals surface area contributed by atoms with E-state index < -0.39 is 0 Å². The normalized spacial score (nSPS) is 21.4. The Morgan fingerprint density at radius 3 is 1.62 bits per heavy atom. The Bertz CT molecular complexity index is 746. The molecule has 0 saturated heterocycles. The second kappa shape index (κ2) is 6.23. The second-order valence-corrected chi connectivity index (χ2v) is 6.33. The van der Waals surface area contributed by atoms with Crippen LogP contribution in [0.5, 0.6) is 0 Å². The third kappa shape index (κ3) is 2.27. The summed E-state index contributed by atoms with van der Waals surface area (Å²) in [7, 11) is 0. The van der Waals surface area contributed by atoms with Gasteiger partial charge in [0.1, 0.15) is 0 Å². The summed E-state index contributed by atoms with van der Waals surface area (Å²) in [5.74, 6) is 0.302. The summed E-state index contributed by atoms with van der Waals surface area (Å²) < 4.78 is 0. The fourth-order valence-electron chi connectivity index (χ4n) is 4.19. The summed E-state index contributed by atoms with van der Waals surface area (Å²) >= 11 is 0. The first-order chi connectivity index (χ1) is 11.9. The van der Waals surface area contributed by atoms with Crippen LogP contribution in [0.2, 0.25) is 0 Å². The molecule has 1 fully saturated rings. The van der Waals surface area contributed by atoms with Crippen molar-refractivity contribution in [3.63, 3.8) is 0 Å². The fourth-order valence-corrected chi connectivity index (χ4v) is 4.19. The number of aliphatic hydroxyl groups excluding tert-OH is 1. The van der Waals surface area contributed by atoms with E-state index in [-0.39, 0.29) is 18.2 Å².